The molecule has 0 bridgehead atoms. The van der Waals surface area contributed by atoms with E-state index in [4.69, 9.17) is 10.3 Å². The van der Waals surface area contributed by atoms with Crippen molar-refractivity contribution in [3.63, 3.8) is 0 Å². The van der Waals surface area contributed by atoms with Gasteiger partial charge in [-0.05, 0) is 24.6 Å². The van der Waals surface area contributed by atoms with E-state index < -0.39 is 17.9 Å². The number of hydrogen-bond acceptors (Lipinski definition) is 6. The molecule has 22 heavy (non-hydrogen) atoms. The number of nitrogens with zero attached hydrogens (tertiary/aromatic N) is 1. The van der Waals surface area contributed by atoms with Crippen molar-refractivity contribution in [3.8, 4) is 0 Å². The van der Waals surface area contributed by atoms with Crippen molar-refractivity contribution in [2.45, 2.75) is 19.4 Å². The Morgan fingerprint density at radius 1 is 1.36 bits per heavy atom. The summed E-state index contributed by atoms with van der Waals surface area (Å²) in [5, 5.41) is 6.40. The first kappa shape index (κ1) is 15.6. The van der Waals surface area contributed by atoms with Gasteiger partial charge in [0.25, 0.3) is 5.91 Å². The Kier molecular flexibility index (Phi) is 4.77. The van der Waals surface area contributed by atoms with Crippen molar-refractivity contribution in [2.75, 3.05) is 12.8 Å². The Morgan fingerprint density at radius 2 is 2.05 bits per heavy atom. The summed E-state index contributed by atoms with van der Waals surface area (Å²) in [6, 6.07) is 7.87. The van der Waals surface area contributed by atoms with Gasteiger partial charge in [-0.1, -0.05) is 17.3 Å². The highest BCUT2D eigenvalue weighted by molar-refractivity contribution is 5.92. The van der Waals surface area contributed by atoms with Gasteiger partial charge >= 0.3 is 5.97 Å². The third-order valence-electron chi connectivity index (χ3n) is 3.10. The number of carbonyl (C=O) groups is 2. The zero-order valence-corrected chi connectivity index (χ0v) is 12.3. The first-order valence-electron chi connectivity index (χ1n) is 6.66. The minimum absolute atomic E-state index is 0.00297. The highest BCUT2D eigenvalue weighted by atomic mass is 16.5. The van der Waals surface area contributed by atoms with Gasteiger partial charge in [-0.3, -0.25) is 9.59 Å². The Morgan fingerprint density at radius 3 is 2.59 bits per heavy atom. The molecule has 3 N–H and O–H groups in total. The fourth-order valence-electron chi connectivity index (χ4n) is 1.94. The number of benzene rings is 1. The molecule has 0 aliphatic carbocycles. The number of nitrogens with two attached hydrogens (primary N) is 1. The van der Waals surface area contributed by atoms with Crippen molar-refractivity contribution in [2.24, 2.45) is 0 Å². The van der Waals surface area contributed by atoms with Crippen LogP contribution in [-0.4, -0.2) is 24.1 Å². The molecule has 1 heterocycles. The smallest absolute Gasteiger partial charge is 0.307 e. The van der Waals surface area contributed by atoms with Crippen molar-refractivity contribution >= 4 is 17.6 Å². The van der Waals surface area contributed by atoms with Gasteiger partial charge < -0.3 is 20.3 Å². The number of hydrogen-bond donors (Lipinski definition) is 2. The van der Waals surface area contributed by atoms with Crippen LogP contribution in [0.5, 0.6) is 0 Å². The van der Waals surface area contributed by atoms with Crippen LogP contribution in [0.25, 0.3) is 0 Å². The SMILES string of the molecule is COC(=O)CC(NC(=O)c1cc(C)on1)c1ccc(N)cc1. The Bertz CT molecular complexity index is 664. The van der Waals surface area contributed by atoms with Gasteiger partial charge in [0, 0.05) is 11.8 Å². The quantitative estimate of drug-likeness (QED) is 0.641. The second-order valence-corrected chi connectivity index (χ2v) is 4.80. The number of nitrogen functional groups attached to an aromatic ring is 1. The molecule has 1 unspecified atom stereocenters. The Labute approximate surface area is 127 Å². The number of amides is 1. The zero-order valence-electron chi connectivity index (χ0n) is 12.3. The van der Waals surface area contributed by atoms with Gasteiger partial charge in [-0.15, -0.1) is 0 Å². The molecule has 1 atom stereocenters. The molecule has 1 aromatic carbocycles. The van der Waals surface area contributed by atoms with E-state index in [1.165, 1.54) is 13.2 Å². The molecule has 1 amide bonds. The van der Waals surface area contributed by atoms with Gasteiger partial charge in [0.05, 0.1) is 19.6 Å². The average molecular weight is 303 g/mol. The molecule has 0 radical (unpaired) electrons. The summed E-state index contributed by atoms with van der Waals surface area (Å²) in [7, 11) is 1.30. The lowest BCUT2D eigenvalue weighted by molar-refractivity contribution is -0.141. The van der Waals surface area contributed by atoms with Crippen LogP contribution in [0.15, 0.2) is 34.9 Å². The molecule has 7 heteroatoms. The normalized spacial score (nSPS) is 11.7. The third kappa shape index (κ3) is 3.85. The van der Waals surface area contributed by atoms with E-state index >= 15 is 0 Å². The predicted octanol–water partition coefficient (Wildman–Crippen LogP) is 1.60. The van der Waals surface area contributed by atoms with Crippen LogP contribution in [0.2, 0.25) is 0 Å². The van der Waals surface area contributed by atoms with Crippen LogP contribution in [0.3, 0.4) is 0 Å². The summed E-state index contributed by atoms with van der Waals surface area (Å²) >= 11 is 0. The van der Waals surface area contributed by atoms with Crippen LogP contribution in [-0.2, 0) is 9.53 Å². The maximum absolute atomic E-state index is 12.2. The number of carbonyl (C=O) groups excluding carboxylic acids is 2. The molecular weight excluding hydrogens is 286 g/mol. The zero-order chi connectivity index (χ0) is 16.1. The number of aryl methyl sites for hydroxylation is 1. The first-order chi connectivity index (χ1) is 10.5. The Hall–Kier alpha value is -2.83. The lowest BCUT2D eigenvalue weighted by Crippen LogP contribution is -2.30. The molecule has 1 aromatic heterocycles. The summed E-state index contributed by atoms with van der Waals surface area (Å²) in [5.74, 6) is -0.330. The van der Waals surface area contributed by atoms with E-state index in [9.17, 15) is 9.59 Å². The van der Waals surface area contributed by atoms with Gasteiger partial charge in [-0.2, -0.15) is 0 Å². The molecule has 0 spiro atoms. The first-order valence-corrected chi connectivity index (χ1v) is 6.66. The minimum atomic E-state index is -0.544. The molecule has 2 rings (SSSR count). The fraction of sp³-hybridized carbons (Fsp3) is 0.267. The number of rotatable bonds is 5. The fourth-order valence-corrected chi connectivity index (χ4v) is 1.94. The second kappa shape index (κ2) is 6.75. The van der Waals surface area contributed by atoms with E-state index in [1.807, 2.05) is 0 Å². The molecule has 0 fully saturated rings. The third-order valence-corrected chi connectivity index (χ3v) is 3.10. The molecule has 0 saturated heterocycles. The lowest BCUT2D eigenvalue weighted by atomic mass is 10.0. The molecule has 0 saturated carbocycles. The average Bonchev–Trinajstić information content (AvgIpc) is 2.94. The summed E-state index contributed by atoms with van der Waals surface area (Å²) in [5.41, 5.74) is 7.14. The van der Waals surface area contributed by atoms with Gasteiger partial charge in [0.2, 0.25) is 0 Å². The van der Waals surface area contributed by atoms with Gasteiger partial charge in [0.1, 0.15) is 5.76 Å². The number of esters is 1. The van der Waals surface area contributed by atoms with E-state index in [2.05, 4.69) is 15.2 Å². The van der Waals surface area contributed by atoms with E-state index in [1.54, 1.807) is 31.2 Å². The van der Waals surface area contributed by atoms with Crippen LogP contribution in [0.4, 0.5) is 5.69 Å². The minimum Gasteiger partial charge on any atom is -0.469 e. The van der Waals surface area contributed by atoms with Crippen LogP contribution in [0, 0.1) is 6.92 Å². The monoisotopic (exact) mass is 303 g/mol. The standard InChI is InChI=1S/C15H17N3O4/c1-9-7-13(18-22-9)15(20)17-12(8-14(19)21-2)10-3-5-11(16)6-4-10/h3-7,12H,8,16H2,1-2H3,(H,17,20). The summed E-state index contributed by atoms with van der Waals surface area (Å²) in [6.07, 6.45) is 0.00297. The largest absolute Gasteiger partial charge is 0.469 e. The molecule has 0 aliphatic heterocycles. The van der Waals surface area contributed by atoms with Gasteiger partial charge in [0.15, 0.2) is 5.69 Å². The van der Waals surface area contributed by atoms with Crippen molar-refractivity contribution in [1.82, 2.24) is 10.5 Å². The Balaban J connectivity index is 2.18. The van der Waals surface area contributed by atoms with E-state index in [0.717, 1.165) is 5.56 Å². The molecule has 7 nitrogen and oxygen atoms in total. The van der Waals surface area contributed by atoms with Crippen LogP contribution in [0.1, 0.15) is 34.3 Å². The number of nitrogens with one attached hydrogen (secondary N) is 1. The van der Waals surface area contributed by atoms with Gasteiger partial charge in [-0.25, -0.2) is 0 Å². The maximum atomic E-state index is 12.2. The summed E-state index contributed by atoms with van der Waals surface area (Å²) in [6.45, 7) is 1.69. The van der Waals surface area contributed by atoms with E-state index in [0.29, 0.717) is 11.4 Å². The highest BCUT2D eigenvalue weighted by Crippen LogP contribution is 2.19. The maximum Gasteiger partial charge on any atom is 0.307 e. The molecule has 116 valence electrons. The van der Waals surface area contributed by atoms with Crippen LogP contribution < -0.4 is 11.1 Å². The molecule has 2 aromatic rings. The predicted molar refractivity (Wildman–Crippen MR) is 78.9 cm³/mol. The summed E-state index contributed by atoms with van der Waals surface area (Å²) in [4.78, 5) is 23.7. The molecular formula is C15H17N3O4. The van der Waals surface area contributed by atoms with Crippen LogP contribution >= 0.6 is 0 Å². The highest BCUT2D eigenvalue weighted by Gasteiger charge is 2.21. The summed E-state index contributed by atoms with van der Waals surface area (Å²) < 4.78 is 9.54. The van der Waals surface area contributed by atoms with Crippen molar-refractivity contribution < 1.29 is 18.8 Å². The van der Waals surface area contributed by atoms with Crippen molar-refractivity contribution in [1.29, 1.82) is 0 Å². The second-order valence-electron chi connectivity index (χ2n) is 4.80. The lowest BCUT2D eigenvalue weighted by Gasteiger charge is -2.17. The number of anilines is 1. The topological polar surface area (TPSA) is 107 Å². The van der Waals surface area contributed by atoms with E-state index in [-0.39, 0.29) is 12.1 Å². The molecule has 0 aliphatic rings. The van der Waals surface area contributed by atoms with Crippen molar-refractivity contribution in [3.05, 3.63) is 47.3 Å². The number of methoxy groups -OCH3 is 1. The number of ether oxygens (including phenoxy) is 1. The number of aromatic nitrogens is 1.